The van der Waals surface area contributed by atoms with Crippen molar-refractivity contribution in [2.75, 3.05) is 0 Å². The summed E-state index contributed by atoms with van der Waals surface area (Å²) in [6, 6.07) is 6.74. The summed E-state index contributed by atoms with van der Waals surface area (Å²) in [5, 5.41) is 3.10. The first-order chi connectivity index (χ1) is 11.2. The molecule has 5 heteroatoms. The summed E-state index contributed by atoms with van der Waals surface area (Å²) in [6.45, 7) is 1.93. The maximum atomic E-state index is 13.0. The number of benzene rings is 1. The predicted octanol–water partition coefficient (Wildman–Crippen LogP) is 3.52. The number of halogens is 1. The second-order valence-corrected chi connectivity index (χ2v) is 6.08. The topological polar surface area (TPSA) is 55.1 Å². The van der Waals surface area contributed by atoms with Gasteiger partial charge >= 0.3 is 0 Å². The number of amides is 1. The molecule has 0 saturated heterocycles. The number of rotatable bonds is 5. The number of aryl methyl sites for hydroxylation is 1. The van der Waals surface area contributed by atoms with Crippen LogP contribution < -0.4 is 5.32 Å². The highest BCUT2D eigenvalue weighted by atomic mass is 19.1. The van der Waals surface area contributed by atoms with Crippen LogP contribution in [-0.4, -0.2) is 16.9 Å². The van der Waals surface area contributed by atoms with E-state index in [0.29, 0.717) is 23.8 Å². The van der Waals surface area contributed by atoms with E-state index in [-0.39, 0.29) is 17.8 Å². The van der Waals surface area contributed by atoms with E-state index < -0.39 is 0 Å². The minimum Gasteiger partial charge on any atom is -0.448 e. The summed E-state index contributed by atoms with van der Waals surface area (Å²) in [5.74, 6) is 0.617. The van der Waals surface area contributed by atoms with Crippen LogP contribution in [0.5, 0.6) is 0 Å². The summed E-state index contributed by atoms with van der Waals surface area (Å²) in [4.78, 5) is 16.4. The molecule has 23 heavy (non-hydrogen) atoms. The number of nitrogens with one attached hydrogen (secondary N) is 1. The van der Waals surface area contributed by atoms with Crippen molar-refractivity contribution >= 4 is 5.91 Å². The Morgan fingerprint density at radius 2 is 2.13 bits per heavy atom. The van der Waals surface area contributed by atoms with E-state index >= 15 is 0 Å². The second-order valence-electron chi connectivity index (χ2n) is 6.08. The first-order valence-corrected chi connectivity index (χ1v) is 8.15. The van der Waals surface area contributed by atoms with Gasteiger partial charge in [-0.25, -0.2) is 9.37 Å². The average molecular weight is 316 g/mol. The zero-order chi connectivity index (χ0) is 16.2. The van der Waals surface area contributed by atoms with Crippen LogP contribution in [0.3, 0.4) is 0 Å². The average Bonchev–Trinajstić information content (AvgIpc) is 3.19. The van der Waals surface area contributed by atoms with Crippen LogP contribution in [0.4, 0.5) is 4.39 Å². The van der Waals surface area contributed by atoms with Crippen molar-refractivity contribution in [1.82, 2.24) is 10.3 Å². The van der Waals surface area contributed by atoms with Crippen LogP contribution in [0.15, 0.2) is 35.1 Å². The molecule has 2 aromatic rings. The van der Waals surface area contributed by atoms with Crippen molar-refractivity contribution in [3.63, 3.8) is 0 Å². The predicted molar refractivity (Wildman–Crippen MR) is 84.6 cm³/mol. The van der Waals surface area contributed by atoms with E-state index in [1.807, 2.05) is 19.1 Å². The van der Waals surface area contributed by atoms with Gasteiger partial charge in [0.2, 0.25) is 0 Å². The molecule has 1 N–H and O–H groups in total. The van der Waals surface area contributed by atoms with Gasteiger partial charge in [-0.2, -0.15) is 0 Å². The quantitative estimate of drug-likeness (QED) is 0.918. The van der Waals surface area contributed by atoms with Crippen LogP contribution in [0.25, 0.3) is 0 Å². The number of hydrogen-bond acceptors (Lipinski definition) is 3. The lowest BCUT2D eigenvalue weighted by Crippen LogP contribution is -2.38. The van der Waals surface area contributed by atoms with E-state index in [2.05, 4.69) is 10.3 Å². The van der Waals surface area contributed by atoms with Crippen molar-refractivity contribution < 1.29 is 13.6 Å². The van der Waals surface area contributed by atoms with E-state index in [4.69, 9.17) is 4.42 Å². The molecule has 1 aliphatic rings. The molecule has 4 nitrogen and oxygen atoms in total. The van der Waals surface area contributed by atoms with E-state index in [1.54, 1.807) is 0 Å². The smallest absolute Gasteiger partial charge is 0.273 e. The van der Waals surface area contributed by atoms with Crippen LogP contribution in [0.1, 0.15) is 48.0 Å². The van der Waals surface area contributed by atoms with E-state index in [9.17, 15) is 9.18 Å². The Morgan fingerprint density at radius 3 is 2.87 bits per heavy atom. The molecular weight excluding hydrogens is 295 g/mol. The molecule has 1 saturated carbocycles. The third-order valence-electron chi connectivity index (χ3n) is 4.56. The van der Waals surface area contributed by atoms with Crippen molar-refractivity contribution in [2.45, 2.75) is 45.1 Å². The fourth-order valence-corrected chi connectivity index (χ4v) is 3.34. The maximum absolute atomic E-state index is 13.0. The largest absolute Gasteiger partial charge is 0.448 e. The van der Waals surface area contributed by atoms with Crippen LogP contribution in [0.2, 0.25) is 0 Å². The third kappa shape index (κ3) is 3.60. The number of carbonyl (C=O) groups is 1. The van der Waals surface area contributed by atoms with Gasteiger partial charge in [-0.1, -0.05) is 25.5 Å². The fourth-order valence-electron chi connectivity index (χ4n) is 3.34. The highest BCUT2D eigenvalue weighted by Crippen LogP contribution is 2.29. The van der Waals surface area contributed by atoms with E-state index in [1.165, 1.54) is 18.5 Å². The first-order valence-electron chi connectivity index (χ1n) is 8.15. The molecule has 1 fully saturated rings. The number of nitrogens with zero attached hydrogens (tertiary/aromatic N) is 1. The lowest BCUT2D eigenvalue weighted by Gasteiger charge is -2.21. The maximum Gasteiger partial charge on any atom is 0.273 e. The summed E-state index contributed by atoms with van der Waals surface area (Å²) in [6.07, 6.45) is 5.95. The molecule has 2 atom stereocenters. The lowest BCUT2D eigenvalue weighted by molar-refractivity contribution is 0.0921. The summed E-state index contributed by atoms with van der Waals surface area (Å²) < 4.78 is 18.2. The third-order valence-corrected chi connectivity index (χ3v) is 4.56. The molecule has 0 unspecified atom stereocenters. The van der Waals surface area contributed by atoms with Gasteiger partial charge in [-0.05, 0) is 42.9 Å². The van der Waals surface area contributed by atoms with Crippen molar-refractivity contribution in [3.8, 4) is 0 Å². The summed E-state index contributed by atoms with van der Waals surface area (Å²) in [5.41, 5.74) is 1.49. The number of oxazole rings is 1. The minimum absolute atomic E-state index is 0.133. The van der Waals surface area contributed by atoms with Crippen LogP contribution in [0, 0.1) is 11.7 Å². The Bertz CT molecular complexity index is 666. The monoisotopic (exact) mass is 316 g/mol. The standard InChI is InChI=1S/C18H21FN2O2/c1-2-16-17(20-11-23-16)18(22)21-15-5-3-4-13(15)10-12-6-8-14(19)9-7-12/h6-9,11,13,15H,2-5,10H2,1H3,(H,21,22)/t13-,15-/m0/s1. The van der Waals surface area contributed by atoms with Crippen LogP contribution in [-0.2, 0) is 12.8 Å². The fraction of sp³-hybridized carbons (Fsp3) is 0.444. The number of hydrogen-bond donors (Lipinski definition) is 1. The van der Waals surface area contributed by atoms with Gasteiger partial charge in [0.1, 0.15) is 11.6 Å². The minimum atomic E-state index is -0.219. The zero-order valence-corrected chi connectivity index (χ0v) is 13.2. The molecule has 0 spiro atoms. The molecule has 0 aliphatic heterocycles. The SMILES string of the molecule is CCc1ocnc1C(=O)N[C@H]1CCC[C@H]1Cc1ccc(F)cc1. The van der Waals surface area contributed by atoms with Gasteiger partial charge in [0, 0.05) is 12.5 Å². The molecule has 0 radical (unpaired) electrons. The molecular formula is C18H21FN2O2. The van der Waals surface area contributed by atoms with E-state index in [0.717, 1.165) is 31.2 Å². The van der Waals surface area contributed by atoms with Crippen LogP contribution >= 0.6 is 0 Å². The molecule has 1 aromatic carbocycles. The molecule has 3 rings (SSSR count). The molecule has 1 aliphatic carbocycles. The second kappa shape index (κ2) is 6.94. The highest BCUT2D eigenvalue weighted by molar-refractivity contribution is 5.93. The summed E-state index contributed by atoms with van der Waals surface area (Å²) >= 11 is 0. The van der Waals surface area contributed by atoms with Crippen molar-refractivity contribution in [1.29, 1.82) is 0 Å². The number of aromatic nitrogens is 1. The van der Waals surface area contributed by atoms with Gasteiger partial charge in [0.25, 0.3) is 5.91 Å². The Labute approximate surface area is 135 Å². The van der Waals surface area contributed by atoms with Crippen molar-refractivity contribution in [2.24, 2.45) is 5.92 Å². The zero-order valence-electron chi connectivity index (χ0n) is 13.2. The lowest BCUT2D eigenvalue weighted by atomic mass is 9.94. The molecule has 1 aromatic heterocycles. The van der Waals surface area contributed by atoms with Gasteiger partial charge in [0.05, 0.1) is 0 Å². The molecule has 122 valence electrons. The Hall–Kier alpha value is -2.17. The molecule has 0 bridgehead atoms. The Morgan fingerprint density at radius 1 is 1.35 bits per heavy atom. The van der Waals surface area contributed by atoms with Gasteiger partial charge in [0.15, 0.2) is 12.1 Å². The van der Waals surface area contributed by atoms with Gasteiger partial charge in [-0.3, -0.25) is 4.79 Å². The summed E-state index contributed by atoms with van der Waals surface area (Å²) in [7, 11) is 0. The molecule has 1 amide bonds. The normalized spacial score (nSPS) is 20.6. The van der Waals surface area contributed by atoms with Gasteiger partial charge in [-0.15, -0.1) is 0 Å². The molecule has 1 heterocycles. The highest BCUT2D eigenvalue weighted by Gasteiger charge is 2.30. The first kappa shape index (κ1) is 15.7. The number of carbonyl (C=O) groups excluding carboxylic acids is 1. The Kier molecular flexibility index (Phi) is 4.74. The van der Waals surface area contributed by atoms with Crippen molar-refractivity contribution in [3.05, 3.63) is 53.5 Å². The Balaban J connectivity index is 1.65. The van der Waals surface area contributed by atoms with Gasteiger partial charge < -0.3 is 9.73 Å².